The van der Waals surface area contributed by atoms with E-state index in [4.69, 9.17) is 11.6 Å². The first-order valence-corrected chi connectivity index (χ1v) is 6.82. The fourth-order valence-electron chi connectivity index (χ4n) is 1.90. The molecule has 0 unspecified atom stereocenters. The molecule has 1 aromatic heterocycles. The number of nitrogens with zero attached hydrogens (tertiary/aromatic N) is 2. The molecule has 22 heavy (non-hydrogen) atoms. The van der Waals surface area contributed by atoms with Gasteiger partial charge in [0.2, 0.25) is 0 Å². The van der Waals surface area contributed by atoms with Gasteiger partial charge >= 0.3 is 0 Å². The molecule has 2 aromatic rings. The van der Waals surface area contributed by atoms with Gasteiger partial charge < -0.3 is 15.5 Å². The van der Waals surface area contributed by atoms with Crippen molar-refractivity contribution in [1.29, 1.82) is 0 Å². The Kier molecular flexibility index (Phi) is 5.13. The zero-order valence-corrected chi connectivity index (χ0v) is 12.2. The van der Waals surface area contributed by atoms with Crippen LogP contribution in [0.5, 0.6) is 5.75 Å². The van der Waals surface area contributed by atoms with E-state index in [1.54, 1.807) is 24.3 Å². The average Bonchev–Trinajstić information content (AvgIpc) is 2.50. The number of pyridine rings is 1. The zero-order chi connectivity index (χ0) is 16.1. The van der Waals surface area contributed by atoms with Crippen molar-refractivity contribution in [3.05, 3.63) is 57.2 Å². The molecule has 1 atom stereocenters. The molecule has 1 aromatic carbocycles. The molecule has 3 N–H and O–H groups in total. The second-order valence-electron chi connectivity index (χ2n) is 4.68. The summed E-state index contributed by atoms with van der Waals surface area (Å²) in [4.78, 5) is 14.0. The third-order valence-electron chi connectivity index (χ3n) is 3.02. The van der Waals surface area contributed by atoms with Crippen LogP contribution in [-0.4, -0.2) is 32.8 Å². The highest BCUT2D eigenvalue weighted by Gasteiger charge is 2.15. The van der Waals surface area contributed by atoms with Crippen LogP contribution in [0.25, 0.3) is 0 Å². The van der Waals surface area contributed by atoms with Gasteiger partial charge in [0.15, 0.2) is 0 Å². The summed E-state index contributed by atoms with van der Waals surface area (Å²) in [7, 11) is 0. The van der Waals surface area contributed by atoms with Crippen LogP contribution in [0.2, 0.25) is 5.02 Å². The Labute approximate surface area is 131 Å². The second-order valence-corrected chi connectivity index (χ2v) is 5.08. The number of benzene rings is 1. The predicted octanol–water partition coefficient (Wildman–Crippen LogP) is 2.36. The standard InChI is InChI=1S/C14H14ClN3O4/c15-13-6-11(18(21)22)7-16-14(13)17-10(8-19)5-9-1-3-12(20)4-2-9/h1-4,6-7,10,19-20H,5,8H2,(H,16,17)/t10-/m0/s1. The number of nitrogens with one attached hydrogen (secondary N) is 1. The van der Waals surface area contributed by atoms with Gasteiger partial charge in [-0.3, -0.25) is 10.1 Å². The highest BCUT2D eigenvalue weighted by molar-refractivity contribution is 6.33. The summed E-state index contributed by atoms with van der Waals surface area (Å²) >= 11 is 5.95. The molecule has 0 bridgehead atoms. The van der Waals surface area contributed by atoms with E-state index >= 15 is 0 Å². The summed E-state index contributed by atoms with van der Waals surface area (Å²) < 4.78 is 0. The molecule has 0 aliphatic heterocycles. The Bertz CT molecular complexity index is 664. The van der Waals surface area contributed by atoms with Gasteiger partial charge in [-0.15, -0.1) is 0 Å². The summed E-state index contributed by atoms with van der Waals surface area (Å²) in [5, 5.41) is 32.4. The van der Waals surface area contributed by atoms with Crippen molar-refractivity contribution in [2.45, 2.75) is 12.5 Å². The molecule has 0 aliphatic carbocycles. The van der Waals surface area contributed by atoms with E-state index < -0.39 is 4.92 Å². The predicted molar refractivity (Wildman–Crippen MR) is 82.2 cm³/mol. The first-order valence-electron chi connectivity index (χ1n) is 6.45. The highest BCUT2D eigenvalue weighted by Crippen LogP contribution is 2.24. The summed E-state index contributed by atoms with van der Waals surface area (Å²) in [6.07, 6.45) is 1.58. The van der Waals surface area contributed by atoms with Gasteiger partial charge in [0.1, 0.15) is 17.8 Å². The maximum Gasteiger partial charge on any atom is 0.289 e. The van der Waals surface area contributed by atoms with Crippen molar-refractivity contribution in [2.24, 2.45) is 0 Å². The van der Waals surface area contributed by atoms with Gasteiger partial charge in [-0.05, 0) is 24.1 Å². The second kappa shape index (κ2) is 7.06. The third-order valence-corrected chi connectivity index (χ3v) is 3.31. The smallest absolute Gasteiger partial charge is 0.289 e. The Morgan fingerprint density at radius 2 is 2.05 bits per heavy atom. The fourth-order valence-corrected chi connectivity index (χ4v) is 2.12. The lowest BCUT2D eigenvalue weighted by Crippen LogP contribution is -2.27. The van der Waals surface area contributed by atoms with Crippen molar-refractivity contribution in [2.75, 3.05) is 11.9 Å². The van der Waals surface area contributed by atoms with Crippen molar-refractivity contribution in [3.8, 4) is 5.75 Å². The molecule has 0 spiro atoms. The number of aliphatic hydroxyl groups excluding tert-OH is 1. The first kappa shape index (κ1) is 16.0. The van der Waals surface area contributed by atoms with E-state index in [1.165, 1.54) is 6.07 Å². The van der Waals surface area contributed by atoms with Gasteiger partial charge in [-0.1, -0.05) is 23.7 Å². The van der Waals surface area contributed by atoms with Crippen LogP contribution in [0.4, 0.5) is 11.5 Å². The van der Waals surface area contributed by atoms with Crippen LogP contribution < -0.4 is 5.32 Å². The van der Waals surface area contributed by atoms with Gasteiger partial charge in [-0.25, -0.2) is 4.98 Å². The zero-order valence-electron chi connectivity index (χ0n) is 11.4. The molecule has 2 rings (SSSR count). The Balaban J connectivity index is 2.09. The van der Waals surface area contributed by atoms with E-state index in [2.05, 4.69) is 10.3 Å². The Hall–Kier alpha value is -2.38. The molecule has 0 amide bonds. The molecule has 1 heterocycles. The first-order chi connectivity index (χ1) is 10.5. The molecule has 0 fully saturated rings. The van der Waals surface area contributed by atoms with E-state index in [0.29, 0.717) is 6.42 Å². The van der Waals surface area contributed by atoms with Crippen molar-refractivity contribution in [3.63, 3.8) is 0 Å². The lowest BCUT2D eigenvalue weighted by Gasteiger charge is -2.17. The molecular formula is C14H14ClN3O4. The van der Waals surface area contributed by atoms with E-state index in [1.807, 2.05) is 0 Å². The minimum absolute atomic E-state index is 0.110. The number of halogens is 1. The normalized spacial score (nSPS) is 11.9. The SMILES string of the molecule is O=[N+]([O-])c1cnc(N[C@H](CO)Cc2ccc(O)cc2)c(Cl)c1. The number of aromatic hydroxyl groups is 1. The van der Waals surface area contributed by atoms with Crippen LogP contribution in [-0.2, 0) is 6.42 Å². The van der Waals surface area contributed by atoms with Gasteiger partial charge in [0, 0.05) is 6.07 Å². The maximum atomic E-state index is 10.6. The fraction of sp³-hybridized carbons (Fsp3) is 0.214. The molecule has 0 saturated heterocycles. The molecule has 0 aliphatic rings. The highest BCUT2D eigenvalue weighted by atomic mass is 35.5. The minimum Gasteiger partial charge on any atom is -0.508 e. The number of hydrogen-bond acceptors (Lipinski definition) is 6. The quantitative estimate of drug-likeness (QED) is 0.556. The van der Waals surface area contributed by atoms with Crippen LogP contribution in [0, 0.1) is 10.1 Å². The lowest BCUT2D eigenvalue weighted by atomic mass is 10.1. The van der Waals surface area contributed by atoms with Crippen molar-refractivity contribution < 1.29 is 15.1 Å². The van der Waals surface area contributed by atoms with E-state index in [9.17, 15) is 20.3 Å². The van der Waals surface area contributed by atoms with Crippen LogP contribution in [0.3, 0.4) is 0 Å². The topological polar surface area (TPSA) is 109 Å². The van der Waals surface area contributed by atoms with Gasteiger partial charge in [-0.2, -0.15) is 0 Å². The number of phenolic OH excluding ortho intramolecular Hbond substituents is 1. The van der Waals surface area contributed by atoms with Crippen molar-refractivity contribution in [1.82, 2.24) is 4.98 Å². The summed E-state index contributed by atoms with van der Waals surface area (Å²) in [6.45, 7) is -0.171. The number of nitro groups is 1. The van der Waals surface area contributed by atoms with E-state index in [-0.39, 0.29) is 34.9 Å². The molecule has 0 saturated carbocycles. The molecule has 8 heteroatoms. The number of phenols is 1. The van der Waals surface area contributed by atoms with Crippen LogP contribution >= 0.6 is 11.6 Å². The van der Waals surface area contributed by atoms with E-state index in [0.717, 1.165) is 11.8 Å². The van der Waals surface area contributed by atoms with Crippen LogP contribution in [0.1, 0.15) is 5.56 Å². The van der Waals surface area contributed by atoms with Gasteiger partial charge in [0.25, 0.3) is 5.69 Å². The van der Waals surface area contributed by atoms with Crippen LogP contribution in [0.15, 0.2) is 36.5 Å². The minimum atomic E-state index is -0.581. The number of rotatable bonds is 6. The molecule has 116 valence electrons. The number of anilines is 1. The maximum absolute atomic E-state index is 10.6. The largest absolute Gasteiger partial charge is 0.508 e. The summed E-state index contributed by atoms with van der Waals surface area (Å²) in [6, 6.07) is 7.43. The molecular weight excluding hydrogens is 310 g/mol. The third kappa shape index (κ3) is 4.06. The lowest BCUT2D eigenvalue weighted by molar-refractivity contribution is -0.385. The number of aromatic nitrogens is 1. The van der Waals surface area contributed by atoms with Gasteiger partial charge in [0.05, 0.1) is 22.6 Å². The molecule has 7 nitrogen and oxygen atoms in total. The Morgan fingerprint density at radius 3 is 2.59 bits per heavy atom. The molecule has 0 radical (unpaired) electrons. The van der Waals surface area contributed by atoms with Crippen molar-refractivity contribution >= 4 is 23.1 Å². The monoisotopic (exact) mass is 323 g/mol. The Morgan fingerprint density at radius 1 is 1.36 bits per heavy atom. The summed E-state index contributed by atoms with van der Waals surface area (Å²) in [5.74, 6) is 0.433. The summed E-state index contributed by atoms with van der Waals surface area (Å²) in [5.41, 5.74) is 0.706. The number of aliphatic hydroxyl groups is 1. The average molecular weight is 324 g/mol. The number of hydrogen-bond donors (Lipinski definition) is 3.